The van der Waals surface area contributed by atoms with E-state index in [0.717, 1.165) is 22.7 Å². The molecule has 0 amide bonds. The summed E-state index contributed by atoms with van der Waals surface area (Å²) in [5.41, 5.74) is 9.31. The van der Waals surface area contributed by atoms with E-state index in [9.17, 15) is 0 Å². The first-order chi connectivity index (χ1) is 27.9. The van der Waals surface area contributed by atoms with Gasteiger partial charge in [0.15, 0.2) is 0 Å². The van der Waals surface area contributed by atoms with Gasteiger partial charge in [0.25, 0.3) is 0 Å². The Morgan fingerprint density at radius 3 is 1.39 bits per heavy atom. The number of para-hydroxylation sites is 3. The van der Waals surface area contributed by atoms with E-state index in [4.69, 9.17) is 0 Å². The molecule has 57 heavy (non-hydrogen) atoms. The van der Waals surface area contributed by atoms with Crippen molar-refractivity contribution in [2.75, 3.05) is 9.80 Å². The summed E-state index contributed by atoms with van der Waals surface area (Å²) < 4.78 is 2.63. The largest absolute Gasteiger partial charge is 0.311 e. The minimum Gasteiger partial charge on any atom is -0.311 e. The van der Waals surface area contributed by atoms with Gasteiger partial charge in [-0.15, -0.1) is 11.3 Å². The van der Waals surface area contributed by atoms with Crippen molar-refractivity contribution in [3.63, 3.8) is 0 Å². The molecule has 0 aliphatic heterocycles. The second-order valence-corrected chi connectivity index (χ2v) is 21.9. The van der Waals surface area contributed by atoms with Crippen LogP contribution in [0, 0.1) is 0 Å². The fourth-order valence-electron chi connectivity index (χ4n) is 8.30. The summed E-state index contributed by atoms with van der Waals surface area (Å²) in [5, 5.41) is 9.29. The molecule has 0 spiro atoms. The molecular formula is C53H42N2SSi. The second kappa shape index (κ2) is 14.2. The summed E-state index contributed by atoms with van der Waals surface area (Å²) in [5.74, 6) is 0. The highest BCUT2D eigenvalue weighted by atomic mass is 32.1. The Kier molecular flexibility index (Phi) is 8.74. The summed E-state index contributed by atoms with van der Waals surface area (Å²) in [6.45, 7) is 7.22. The van der Waals surface area contributed by atoms with Gasteiger partial charge >= 0.3 is 0 Å². The van der Waals surface area contributed by atoms with Crippen LogP contribution in [-0.4, -0.2) is 8.07 Å². The van der Waals surface area contributed by atoms with Crippen molar-refractivity contribution in [3.05, 3.63) is 200 Å². The lowest BCUT2D eigenvalue weighted by Gasteiger charge is -2.26. The van der Waals surface area contributed by atoms with Gasteiger partial charge in [-0.3, -0.25) is 0 Å². The molecule has 0 saturated carbocycles. The van der Waals surface area contributed by atoms with Crippen LogP contribution in [-0.2, 0) is 0 Å². The smallest absolute Gasteiger partial charge is 0.0775 e. The molecule has 0 saturated heterocycles. The lowest BCUT2D eigenvalue weighted by atomic mass is 9.94. The molecule has 10 rings (SSSR count). The Bertz CT molecular complexity index is 2980. The van der Waals surface area contributed by atoms with E-state index in [-0.39, 0.29) is 0 Å². The van der Waals surface area contributed by atoms with Crippen LogP contribution in [0.2, 0.25) is 19.6 Å². The maximum atomic E-state index is 2.41. The van der Waals surface area contributed by atoms with Crippen molar-refractivity contribution in [1.29, 1.82) is 0 Å². The van der Waals surface area contributed by atoms with Crippen LogP contribution in [0.1, 0.15) is 0 Å². The Morgan fingerprint density at radius 1 is 0.351 bits per heavy atom. The molecule has 0 unspecified atom stereocenters. The fourth-order valence-corrected chi connectivity index (χ4v) is 10.8. The Morgan fingerprint density at radius 2 is 0.807 bits per heavy atom. The van der Waals surface area contributed by atoms with E-state index in [2.05, 4.69) is 230 Å². The van der Waals surface area contributed by atoms with Gasteiger partial charge in [-0.05, 0) is 106 Å². The van der Waals surface area contributed by atoms with E-state index >= 15 is 0 Å². The number of hydrogen-bond donors (Lipinski definition) is 0. The Hall–Kier alpha value is -6.46. The molecule has 0 fully saturated rings. The Balaban J connectivity index is 1.08. The average Bonchev–Trinajstić information content (AvgIpc) is 3.65. The van der Waals surface area contributed by atoms with E-state index in [1.165, 1.54) is 69.4 Å². The van der Waals surface area contributed by atoms with Gasteiger partial charge in [0.1, 0.15) is 0 Å². The summed E-state index contributed by atoms with van der Waals surface area (Å²) in [6, 6.07) is 73.2. The van der Waals surface area contributed by atoms with Crippen molar-refractivity contribution in [2.24, 2.45) is 0 Å². The zero-order valence-corrected chi connectivity index (χ0v) is 34.2. The van der Waals surface area contributed by atoms with Crippen molar-refractivity contribution in [1.82, 2.24) is 0 Å². The molecule has 9 aromatic carbocycles. The Labute approximate surface area is 339 Å². The van der Waals surface area contributed by atoms with Crippen molar-refractivity contribution >= 4 is 100 Å². The molecule has 0 aliphatic carbocycles. The molecule has 274 valence electrons. The van der Waals surface area contributed by atoms with Crippen LogP contribution < -0.4 is 15.0 Å². The standard InChI is InChI=1S/C53H42N2SSi/c1-57(2,3)45-31-28-43(29-32-45)55(41-19-11-6-12-20-41)44-30-34-49-51(36-44)56-53-48-33-25-38(35-50(48)46-21-13-14-22-47(46)52(49)53)37-23-26-42(27-24-37)54(39-15-7-4-8-16-39)40-17-9-5-10-18-40/h4-36H,1-3H3. The maximum Gasteiger partial charge on any atom is 0.0775 e. The van der Waals surface area contributed by atoms with Gasteiger partial charge in [-0.2, -0.15) is 0 Å². The summed E-state index contributed by atoms with van der Waals surface area (Å²) in [6.07, 6.45) is 0. The van der Waals surface area contributed by atoms with Crippen molar-refractivity contribution < 1.29 is 0 Å². The number of thiophene rings is 1. The molecular weight excluding hydrogens is 725 g/mol. The van der Waals surface area contributed by atoms with Gasteiger partial charge in [0.05, 0.1) is 8.07 Å². The van der Waals surface area contributed by atoms with Gasteiger partial charge in [0.2, 0.25) is 0 Å². The van der Waals surface area contributed by atoms with Crippen LogP contribution in [0.25, 0.3) is 52.8 Å². The number of rotatable bonds is 8. The van der Waals surface area contributed by atoms with Crippen molar-refractivity contribution in [3.8, 4) is 11.1 Å². The summed E-state index contributed by atoms with van der Waals surface area (Å²) >= 11 is 1.91. The first-order valence-electron chi connectivity index (χ1n) is 19.7. The summed E-state index contributed by atoms with van der Waals surface area (Å²) in [4.78, 5) is 4.70. The van der Waals surface area contributed by atoms with Gasteiger partial charge in [-0.25, -0.2) is 0 Å². The number of anilines is 6. The third-order valence-electron chi connectivity index (χ3n) is 11.2. The normalized spacial score (nSPS) is 11.8. The van der Waals surface area contributed by atoms with Gasteiger partial charge < -0.3 is 9.80 Å². The maximum absolute atomic E-state index is 2.41. The number of nitrogens with zero attached hydrogens (tertiary/aromatic N) is 2. The molecule has 0 atom stereocenters. The number of benzene rings is 9. The average molecular weight is 767 g/mol. The molecule has 0 bridgehead atoms. The first kappa shape index (κ1) is 35.0. The summed E-state index contributed by atoms with van der Waals surface area (Å²) in [7, 11) is -1.42. The minimum atomic E-state index is -1.42. The van der Waals surface area contributed by atoms with Gasteiger partial charge in [0, 0.05) is 59.7 Å². The lowest BCUT2D eigenvalue weighted by molar-refractivity contribution is 1.28. The van der Waals surface area contributed by atoms with E-state index in [0.29, 0.717) is 0 Å². The SMILES string of the molecule is C[Si](C)(C)c1ccc(N(c2ccccc2)c2ccc3c(c2)sc2c4ccc(-c5ccc(N(c6ccccc6)c6ccccc6)cc5)cc4c4ccccc4c32)cc1. The zero-order valence-electron chi connectivity index (χ0n) is 32.4. The van der Waals surface area contributed by atoms with Crippen LogP contribution in [0.3, 0.4) is 0 Å². The predicted octanol–water partition coefficient (Wildman–Crippen LogP) is 15.5. The highest BCUT2D eigenvalue weighted by Gasteiger charge is 2.20. The molecule has 0 aliphatic rings. The van der Waals surface area contributed by atoms with E-state index in [1.807, 2.05) is 11.3 Å². The molecule has 1 heterocycles. The minimum absolute atomic E-state index is 1.13. The molecule has 4 heteroatoms. The van der Waals surface area contributed by atoms with Crippen LogP contribution >= 0.6 is 11.3 Å². The predicted molar refractivity (Wildman–Crippen MR) is 252 cm³/mol. The third-order valence-corrected chi connectivity index (χ3v) is 14.4. The zero-order chi connectivity index (χ0) is 38.5. The highest BCUT2D eigenvalue weighted by Crippen LogP contribution is 2.47. The molecule has 0 radical (unpaired) electrons. The third kappa shape index (κ3) is 6.37. The number of fused-ring (bicyclic) bond motifs is 8. The molecule has 1 aromatic heterocycles. The quantitative estimate of drug-likeness (QED) is 0.112. The second-order valence-electron chi connectivity index (χ2n) is 15.8. The first-order valence-corrected chi connectivity index (χ1v) is 24.0. The van der Waals surface area contributed by atoms with E-state index in [1.54, 1.807) is 0 Å². The molecule has 10 aromatic rings. The van der Waals surface area contributed by atoms with Crippen LogP contribution in [0.15, 0.2) is 200 Å². The fraction of sp³-hybridized carbons (Fsp3) is 0.0566. The number of hydrogen-bond acceptors (Lipinski definition) is 3. The topological polar surface area (TPSA) is 6.48 Å². The molecule has 0 N–H and O–H groups in total. The highest BCUT2D eigenvalue weighted by molar-refractivity contribution is 7.27. The van der Waals surface area contributed by atoms with Crippen molar-refractivity contribution in [2.45, 2.75) is 19.6 Å². The van der Waals surface area contributed by atoms with Crippen LogP contribution in [0.5, 0.6) is 0 Å². The van der Waals surface area contributed by atoms with E-state index < -0.39 is 8.07 Å². The monoisotopic (exact) mass is 766 g/mol. The van der Waals surface area contributed by atoms with Crippen LogP contribution in [0.4, 0.5) is 34.1 Å². The molecule has 2 nitrogen and oxygen atoms in total. The van der Waals surface area contributed by atoms with Gasteiger partial charge in [-0.1, -0.05) is 146 Å². The lowest BCUT2D eigenvalue weighted by Crippen LogP contribution is -2.37.